The summed E-state index contributed by atoms with van der Waals surface area (Å²) in [5, 5.41) is 4.53. The molecule has 0 aliphatic carbocycles. The van der Waals surface area contributed by atoms with E-state index < -0.39 is 36.5 Å². The number of carbonyl (C=O) groups is 4. The molecule has 0 heterocycles. The number of nitrogens with two attached hydrogens (primary N) is 1. The highest BCUT2D eigenvalue weighted by atomic mass is 35.5. The lowest BCUT2D eigenvalue weighted by atomic mass is 10.2. The van der Waals surface area contributed by atoms with Gasteiger partial charge in [0, 0.05) is 5.56 Å². The summed E-state index contributed by atoms with van der Waals surface area (Å²) < 4.78 is 4.72. The number of primary amides is 1. The van der Waals surface area contributed by atoms with Crippen molar-refractivity contribution in [3.63, 3.8) is 0 Å². The standard InChI is InChI=1S/C13H13Cl2N3O5/c1-6(11(20)18-13(16)22)23-10(19)5-17-12(21)7-2-3-8(14)9(15)4-7/h2-4,6H,5H2,1H3,(H,17,21)(H3,16,18,20,22)/t6-/m1/s1. The fourth-order valence-corrected chi connectivity index (χ4v) is 1.71. The summed E-state index contributed by atoms with van der Waals surface area (Å²) in [6.45, 7) is 0.768. The second-order valence-corrected chi connectivity index (χ2v) is 5.11. The maximum Gasteiger partial charge on any atom is 0.326 e. The Labute approximate surface area is 141 Å². The number of hydrogen-bond acceptors (Lipinski definition) is 5. The molecule has 10 heteroatoms. The van der Waals surface area contributed by atoms with Crippen molar-refractivity contribution < 1.29 is 23.9 Å². The largest absolute Gasteiger partial charge is 0.451 e. The number of hydrogen-bond donors (Lipinski definition) is 3. The predicted octanol–water partition coefficient (Wildman–Crippen LogP) is 0.850. The molecule has 0 saturated heterocycles. The van der Waals surface area contributed by atoms with Crippen LogP contribution in [0.2, 0.25) is 10.0 Å². The molecule has 0 unspecified atom stereocenters. The van der Waals surface area contributed by atoms with Gasteiger partial charge in [0.2, 0.25) is 0 Å². The molecule has 0 aliphatic heterocycles. The molecule has 23 heavy (non-hydrogen) atoms. The lowest BCUT2D eigenvalue weighted by molar-refractivity contribution is -0.153. The third kappa shape index (κ3) is 6.13. The number of imide groups is 1. The smallest absolute Gasteiger partial charge is 0.326 e. The van der Waals surface area contributed by atoms with Gasteiger partial charge in [-0.1, -0.05) is 23.2 Å². The van der Waals surface area contributed by atoms with Crippen LogP contribution in [0.4, 0.5) is 4.79 Å². The number of nitrogens with one attached hydrogen (secondary N) is 2. The quantitative estimate of drug-likeness (QED) is 0.669. The lowest BCUT2D eigenvalue weighted by Crippen LogP contribution is -2.43. The summed E-state index contributed by atoms with van der Waals surface area (Å²) in [7, 11) is 0. The van der Waals surface area contributed by atoms with Gasteiger partial charge in [-0.25, -0.2) is 4.79 Å². The summed E-state index contributed by atoms with van der Waals surface area (Å²) in [6, 6.07) is 3.14. The van der Waals surface area contributed by atoms with Crippen molar-refractivity contribution in [1.82, 2.24) is 10.6 Å². The molecule has 0 fully saturated rings. The summed E-state index contributed by atoms with van der Waals surface area (Å²) in [4.78, 5) is 45.1. The molecule has 4 N–H and O–H groups in total. The number of urea groups is 1. The molecule has 1 aromatic rings. The van der Waals surface area contributed by atoms with Crippen LogP contribution in [0.25, 0.3) is 0 Å². The molecule has 0 spiro atoms. The van der Waals surface area contributed by atoms with Crippen molar-refractivity contribution in [3.8, 4) is 0 Å². The second kappa shape index (κ2) is 8.35. The Hall–Kier alpha value is -2.32. The van der Waals surface area contributed by atoms with Crippen LogP contribution in [0.1, 0.15) is 17.3 Å². The Kier molecular flexibility index (Phi) is 6.80. The zero-order valence-electron chi connectivity index (χ0n) is 11.9. The zero-order valence-corrected chi connectivity index (χ0v) is 13.4. The fraction of sp³-hybridized carbons (Fsp3) is 0.231. The minimum atomic E-state index is -1.24. The first-order valence-electron chi connectivity index (χ1n) is 6.23. The molecule has 0 bridgehead atoms. The SMILES string of the molecule is C[C@@H](OC(=O)CNC(=O)c1ccc(Cl)c(Cl)c1)C(=O)NC(N)=O. The summed E-state index contributed by atoms with van der Waals surface area (Å²) in [6.07, 6.45) is -1.24. The Morgan fingerprint density at radius 3 is 2.43 bits per heavy atom. The van der Waals surface area contributed by atoms with E-state index in [0.717, 1.165) is 0 Å². The minimum absolute atomic E-state index is 0.193. The molecule has 1 rings (SSSR count). The van der Waals surface area contributed by atoms with Gasteiger partial charge in [0.15, 0.2) is 6.10 Å². The van der Waals surface area contributed by atoms with Crippen LogP contribution in [-0.4, -0.2) is 36.5 Å². The summed E-state index contributed by atoms with van der Waals surface area (Å²) >= 11 is 11.5. The monoisotopic (exact) mass is 361 g/mol. The van der Waals surface area contributed by atoms with Gasteiger partial charge in [0.1, 0.15) is 6.54 Å². The third-order valence-corrected chi connectivity index (χ3v) is 3.24. The van der Waals surface area contributed by atoms with Crippen LogP contribution in [0.15, 0.2) is 18.2 Å². The molecule has 4 amide bonds. The third-order valence-electron chi connectivity index (χ3n) is 2.50. The van der Waals surface area contributed by atoms with Crippen molar-refractivity contribution >= 4 is 47.0 Å². The Bertz CT molecular complexity index is 650. The van der Waals surface area contributed by atoms with Gasteiger partial charge in [-0.15, -0.1) is 0 Å². The maximum atomic E-state index is 11.8. The highest BCUT2D eigenvalue weighted by Gasteiger charge is 2.19. The van der Waals surface area contributed by atoms with Gasteiger partial charge in [-0.05, 0) is 25.1 Å². The Balaban J connectivity index is 2.49. The first kappa shape index (κ1) is 18.7. The van der Waals surface area contributed by atoms with Gasteiger partial charge in [0.25, 0.3) is 11.8 Å². The van der Waals surface area contributed by atoms with E-state index in [-0.39, 0.29) is 15.6 Å². The van der Waals surface area contributed by atoms with Gasteiger partial charge in [-0.3, -0.25) is 19.7 Å². The van der Waals surface area contributed by atoms with Crippen LogP contribution < -0.4 is 16.4 Å². The molecule has 1 atom stereocenters. The van der Waals surface area contributed by atoms with Gasteiger partial charge in [-0.2, -0.15) is 0 Å². The molecule has 0 aliphatic rings. The molecule has 0 radical (unpaired) electrons. The van der Waals surface area contributed by atoms with Gasteiger partial charge < -0.3 is 15.8 Å². The second-order valence-electron chi connectivity index (χ2n) is 4.30. The molecule has 1 aromatic carbocycles. The molecular formula is C13H13Cl2N3O5. The number of ether oxygens (including phenoxy) is 1. The van der Waals surface area contributed by atoms with Crippen LogP contribution in [-0.2, 0) is 14.3 Å². The maximum absolute atomic E-state index is 11.8. The van der Waals surface area contributed by atoms with Crippen molar-refractivity contribution in [2.75, 3.05) is 6.54 Å². The van der Waals surface area contributed by atoms with Crippen molar-refractivity contribution in [2.24, 2.45) is 5.73 Å². The van der Waals surface area contributed by atoms with E-state index in [1.807, 2.05) is 0 Å². The Morgan fingerprint density at radius 1 is 1.22 bits per heavy atom. The first-order valence-corrected chi connectivity index (χ1v) is 6.99. The van der Waals surface area contributed by atoms with Gasteiger partial charge >= 0.3 is 12.0 Å². The van der Waals surface area contributed by atoms with Crippen molar-refractivity contribution in [2.45, 2.75) is 13.0 Å². The molecule has 8 nitrogen and oxygen atoms in total. The first-order chi connectivity index (χ1) is 10.7. The van der Waals surface area contributed by atoms with E-state index in [9.17, 15) is 19.2 Å². The average molecular weight is 362 g/mol. The topological polar surface area (TPSA) is 128 Å². The van der Waals surface area contributed by atoms with E-state index in [4.69, 9.17) is 33.7 Å². The number of amides is 4. The summed E-state index contributed by atoms with van der Waals surface area (Å²) in [5.41, 5.74) is 4.96. The minimum Gasteiger partial charge on any atom is -0.451 e. The number of rotatable bonds is 5. The number of carbonyl (C=O) groups excluding carboxylic acids is 4. The van der Waals surface area contributed by atoms with Gasteiger partial charge in [0.05, 0.1) is 10.0 Å². The van der Waals surface area contributed by atoms with E-state index in [1.54, 1.807) is 5.32 Å². The Morgan fingerprint density at radius 2 is 1.87 bits per heavy atom. The average Bonchev–Trinajstić information content (AvgIpc) is 2.46. The van der Waals surface area contributed by atoms with Crippen LogP contribution >= 0.6 is 23.2 Å². The lowest BCUT2D eigenvalue weighted by Gasteiger charge is -2.12. The molecule has 0 aromatic heterocycles. The number of esters is 1. The molecular weight excluding hydrogens is 349 g/mol. The fourth-order valence-electron chi connectivity index (χ4n) is 1.41. The molecule has 0 saturated carbocycles. The van der Waals surface area contributed by atoms with E-state index in [2.05, 4.69) is 5.32 Å². The van der Waals surface area contributed by atoms with Crippen molar-refractivity contribution in [3.05, 3.63) is 33.8 Å². The van der Waals surface area contributed by atoms with Crippen LogP contribution in [0.5, 0.6) is 0 Å². The highest BCUT2D eigenvalue weighted by Crippen LogP contribution is 2.22. The zero-order chi connectivity index (χ0) is 17.6. The number of benzene rings is 1. The molecule has 124 valence electrons. The van der Waals surface area contributed by atoms with Crippen LogP contribution in [0, 0.1) is 0 Å². The number of halogens is 2. The van der Waals surface area contributed by atoms with Crippen molar-refractivity contribution in [1.29, 1.82) is 0 Å². The predicted molar refractivity (Wildman–Crippen MR) is 82.1 cm³/mol. The normalized spacial score (nSPS) is 11.3. The van der Waals surface area contributed by atoms with E-state index in [0.29, 0.717) is 0 Å². The van der Waals surface area contributed by atoms with E-state index >= 15 is 0 Å². The van der Waals surface area contributed by atoms with E-state index in [1.165, 1.54) is 25.1 Å². The summed E-state index contributed by atoms with van der Waals surface area (Å²) in [5.74, 6) is -2.32. The highest BCUT2D eigenvalue weighted by molar-refractivity contribution is 6.42. The van der Waals surface area contributed by atoms with Crippen LogP contribution in [0.3, 0.4) is 0 Å².